The maximum atomic E-state index is 13.0. The van der Waals surface area contributed by atoms with Crippen LogP contribution < -0.4 is 10.2 Å². The summed E-state index contributed by atoms with van der Waals surface area (Å²) in [5.41, 5.74) is 3.15. The van der Waals surface area contributed by atoms with Crippen molar-refractivity contribution < 1.29 is 9.59 Å². The maximum absolute atomic E-state index is 13.0. The third kappa shape index (κ3) is 4.22. The summed E-state index contributed by atoms with van der Waals surface area (Å²) < 4.78 is 1.89. The van der Waals surface area contributed by atoms with Crippen molar-refractivity contribution in [3.63, 3.8) is 0 Å². The molecule has 0 spiro atoms. The number of hydrogen-bond acceptors (Lipinski definition) is 4. The molecule has 2 heterocycles. The summed E-state index contributed by atoms with van der Waals surface area (Å²) in [6.45, 7) is 2.51. The number of thioether (sulfide) groups is 1. The van der Waals surface area contributed by atoms with Crippen LogP contribution in [-0.2, 0) is 9.59 Å². The molecule has 1 aliphatic rings. The Balaban J connectivity index is 1.47. The van der Waals surface area contributed by atoms with E-state index in [2.05, 4.69) is 10.4 Å². The third-order valence-electron chi connectivity index (χ3n) is 4.83. The van der Waals surface area contributed by atoms with Crippen LogP contribution in [0.15, 0.2) is 59.6 Å². The minimum absolute atomic E-state index is 0.0819. The standard InChI is InChI=1S/C22H21ClN4O2S/c1-15-21-22(27(25-15)16-7-3-2-4-8-16)30-14-13-26(21)20(29)12-11-19(28)24-18-10-6-5-9-17(18)23/h2-10H,11-14H2,1H3,(H,24,28). The first kappa shape index (κ1) is 20.5. The van der Waals surface area contributed by atoms with Crippen molar-refractivity contribution >= 4 is 46.6 Å². The zero-order valence-electron chi connectivity index (χ0n) is 16.5. The molecule has 30 heavy (non-hydrogen) atoms. The number of carbonyl (C=O) groups excluding carboxylic acids is 2. The second kappa shape index (κ2) is 8.93. The summed E-state index contributed by atoms with van der Waals surface area (Å²) in [6, 6.07) is 16.9. The number of anilines is 2. The highest BCUT2D eigenvalue weighted by atomic mass is 35.5. The first-order valence-corrected chi connectivity index (χ1v) is 11.0. The van der Waals surface area contributed by atoms with E-state index >= 15 is 0 Å². The van der Waals surface area contributed by atoms with Crippen LogP contribution in [0.4, 0.5) is 11.4 Å². The van der Waals surface area contributed by atoms with Gasteiger partial charge in [0.15, 0.2) is 0 Å². The average molecular weight is 441 g/mol. The van der Waals surface area contributed by atoms with Gasteiger partial charge in [-0.2, -0.15) is 5.10 Å². The van der Waals surface area contributed by atoms with E-state index in [-0.39, 0.29) is 24.7 Å². The topological polar surface area (TPSA) is 67.2 Å². The predicted molar refractivity (Wildman–Crippen MR) is 121 cm³/mol. The van der Waals surface area contributed by atoms with Crippen molar-refractivity contribution in [2.24, 2.45) is 0 Å². The van der Waals surface area contributed by atoms with Gasteiger partial charge < -0.3 is 10.2 Å². The highest BCUT2D eigenvalue weighted by Gasteiger charge is 2.29. The van der Waals surface area contributed by atoms with Crippen LogP contribution in [0.5, 0.6) is 0 Å². The molecule has 0 fully saturated rings. The zero-order valence-corrected chi connectivity index (χ0v) is 18.0. The molecule has 154 valence electrons. The molecule has 1 aliphatic heterocycles. The minimum Gasteiger partial charge on any atom is -0.325 e. The van der Waals surface area contributed by atoms with Gasteiger partial charge >= 0.3 is 0 Å². The Morgan fingerprint density at radius 1 is 1.10 bits per heavy atom. The number of aryl methyl sites for hydroxylation is 1. The lowest BCUT2D eigenvalue weighted by atomic mass is 10.2. The molecule has 0 saturated carbocycles. The van der Waals surface area contributed by atoms with E-state index in [1.165, 1.54) is 0 Å². The SMILES string of the molecule is Cc1nn(-c2ccccc2)c2c1N(C(=O)CCC(=O)Nc1ccccc1Cl)CCS2. The number of benzene rings is 2. The molecular formula is C22H21ClN4O2S. The maximum Gasteiger partial charge on any atom is 0.227 e. The van der Waals surface area contributed by atoms with E-state index in [4.69, 9.17) is 11.6 Å². The Morgan fingerprint density at radius 3 is 2.60 bits per heavy atom. The summed E-state index contributed by atoms with van der Waals surface area (Å²) in [5, 5.41) is 8.85. The number of halogens is 1. The van der Waals surface area contributed by atoms with E-state index in [1.807, 2.05) is 41.9 Å². The van der Waals surface area contributed by atoms with Gasteiger partial charge in [-0.1, -0.05) is 41.9 Å². The highest BCUT2D eigenvalue weighted by Crippen LogP contribution is 2.39. The number of hydrogen-bond donors (Lipinski definition) is 1. The Hall–Kier alpha value is -2.77. The fourth-order valence-corrected chi connectivity index (χ4v) is 4.72. The molecule has 4 rings (SSSR count). The molecule has 8 heteroatoms. The molecule has 6 nitrogen and oxygen atoms in total. The number of aromatic nitrogens is 2. The number of para-hydroxylation sites is 2. The summed E-state index contributed by atoms with van der Waals surface area (Å²) in [4.78, 5) is 27.0. The second-order valence-electron chi connectivity index (χ2n) is 6.91. The van der Waals surface area contributed by atoms with E-state index in [9.17, 15) is 9.59 Å². The molecule has 0 radical (unpaired) electrons. The van der Waals surface area contributed by atoms with Gasteiger partial charge in [0.05, 0.1) is 27.8 Å². The normalized spacial score (nSPS) is 13.1. The molecule has 0 saturated heterocycles. The Kier molecular flexibility index (Phi) is 6.11. The van der Waals surface area contributed by atoms with Crippen LogP contribution in [0, 0.1) is 6.92 Å². The van der Waals surface area contributed by atoms with Crippen molar-refractivity contribution in [3.8, 4) is 5.69 Å². The largest absolute Gasteiger partial charge is 0.325 e. The number of nitrogens with one attached hydrogen (secondary N) is 1. The van der Waals surface area contributed by atoms with E-state index in [1.54, 1.807) is 40.9 Å². The molecule has 3 aromatic rings. The van der Waals surface area contributed by atoms with Gasteiger partial charge in [0, 0.05) is 25.1 Å². The van der Waals surface area contributed by atoms with Gasteiger partial charge in [0.25, 0.3) is 0 Å². The highest BCUT2D eigenvalue weighted by molar-refractivity contribution is 7.99. The van der Waals surface area contributed by atoms with E-state index in [0.717, 1.165) is 27.8 Å². The number of fused-ring (bicyclic) bond motifs is 1. The number of rotatable bonds is 5. The van der Waals surface area contributed by atoms with Crippen LogP contribution in [0.1, 0.15) is 18.5 Å². The third-order valence-corrected chi connectivity index (χ3v) is 6.18. The Labute approximate surface area is 184 Å². The molecule has 1 N–H and O–H groups in total. The quantitative estimate of drug-likeness (QED) is 0.624. The predicted octanol–water partition coefficient (Wildman–Crippen LogP) is 4.69. The minimum atomic E-state index is -0.236. The van der Waals surface area contributed by atoms with Crippen molar-refractivity contribution in [2.45, 2.75) is 24.8 Å². The summed E-state index contributed by atoms with van der Waals surface area (Å²) >= 11 is 7.77. The number of nitrogens with zero attached hydrogens (tertiary/aromatic N) is 3. The van der Waals surface area contributed by atoms with E-state index in [0.29, 0.717) is 17.3 Å². The average Bonchev–Trinajstić information content (AvgIpc) is 3.11. The van der Waals surface area contributed by atoms with Crippen molar-refractivity contribution in [1.29, 1.82) is 0 Å². The van der Waals surface area contributed by atoms with Gasteiger partial charge in [0.1, 0.15) is 5.03 Å². The van der Waals surface area contributed by atoms with Crippen LogP contribution in [-0.4, -0.2) is 33.9 Å². The summed E-state index contributed by atoms with van der Waals surface area (Å²) in [7, 11) is 0. The lowest BCUT2D eigenvalue weighted by molar-refractivity contribution is -0.122. The molecule has 0 unspecified atom stereocenters. The van der Waals surface area contributed by atoms with Gasteiger partial charge in [0.2, 0.25) is 11.8 Å². The molecule has 2 aromatic carbocycles. The number of amides is 2. The first-order chi connectivity index (χ1) is 14.5. The van der Waals surface area contributed by atoms with Gasteiger partial charge in [-0.05, 0) is 31.2 Å². The van der Waals surface area contributed by atoms with Gasteiger partial charge in [-0.15, -0.1) is 11.8 Å². The monoisotopic (exact) mass is 440 g/mol. The second-order valence-corrected chi connectivity index (χ2v) is 8.40. The van der Waals surface area contributed by atoms with Crippen LogP contribution >= 0.6 is 23.4 Å². The van der Waals surface area contributed by atoms with Crippen molar-refractivity contribution in [2.75, 3.05) is 22.5 Å². The van der Waals surface area contributed by atoms with Crippen LogP contribution in [0.2, 0.25) is 5.02 Å². The molecule has 0 aliphatic carbocycles. The molecular weight excluding hydrogens is 420 g/mol. The van der Waals surface area contributed by atoms with Crippen LogP contribution in [0.25, 0.3) is 5.69 Å². The molecule has 2 amide bonds. The summed E-state index contributed by atoms with van der Waals surface area (Å²) in [5.74, 6) is 0.462. The Morgan fingerprint density at radius 2 is 1.83 bits per heavy atom. The smallest absolute Gasteiger partial charge is 0.227 e. The molecule has 0 atom stereocenters. The van der Waals surface area contributed by atoms with E-state index < -0.39 is 0 Å². The number of carbonyl (C=O) groups is 2. The lowest BCUT2D eigenvalue weighted by Gasteiger charge is -2.27. The van der Waals surface area contributed by atoms with Gasteiger partial charge in [-0.3, -0.25) is 9.59 Å². The van der Waals surface area contributed by atoms with Gasteiger partial charge in [-0.25, -0.2) is 4.68 Å². The van der Waals surface area contributed by atoms with Crippen molar-refractivity contribution in [1.82, 2.24) is 9.78 Å². The Bertz CT molecular complexity index is 1080. The van der Waals surface area contributed by atoms with Crippen LogP contribution in [0.3, 0.4) is 0 Å². The zero-order chi connectivity index (χ0) is 21.1. The summed E-state index contributed by atoms with van der Waals surface area (Å²) in [6.07, 6.45) is 0.214. The molecule has 0 bridgehead atoms. The fourth-order valence-electron chi connectivity index (χ4n) is 3.41. The molecule has 1 aromatic heterocycles. The fraction of sp³-hybridized carbons (Fsp3) is 0.227. The van der Waals surface area contributed by atoms with Crippen molar-refractivity contribution in [3.05, 3.63) is 65.3 Å². The lowest BCUT2D eigenvalue weighted by Crippen LogP contribution is -2.36. The first-order valence-electron chi connectivity index (χ1n) is 9.67.